The highest BCUT2D eigenvalue weighted by atomic mass is 16.6. The highest BCUT2D eigenvalue weighted by Gasteiger charge is 1.88. The van der Waals surface area contributed by atoms with Crippen LogP contribution in [0.3, 0.4) is 0 Å². The lowest BCUT2D eigenvalue weighted by Gasteiger charge is -1.82. The van der Waals surface area contributed by atoms with Gasteiger partial charge in [-0.15, -0.1) is 0 Å². The van der Waals surface area contributed by atoms with E-state index in [1.165, 1.54) is 6.20 Å². The van der Waals surface area contributed by atoms with Gasteiger partial charge in [0, 0.05) is 0 Å². The van der Waals surface area contributed by atoms with Gasteiger partial charge in [0.25, 0.3) is 0 Å². The number of hydrogen-bond donors (Lipinski definition) is 0. The summed E-state index contributed by atoms with van der Waals surface area (Å²) in [5, 5.41) is 4.26. The summed E-state index contributed by atoms with van der Waals surface area (Å²) in [7, 11) is 0. The Labute approximate surface area is 67.1 Å². The molecule has 2 heterocycles. The zero-order chi connectivity index (χ0) is 8.39. The van der Waals surface area contributed by atoms with Crippen molar-refractivity contribution in [3.63, 3.8) is 0 Å². The highest BCUT2D eigenvalue weighted by Crippen LogP contribution is 2.03. The lowest BCUT2D eigenvalue weighted by Crippen LogP contribution is -1.91. The average Bonchev–Trinajstić information content (AvgIpc) is 2.19. The molecule has 0 atom stereocenters. The number of hydrogen-bond acceptors (Lipinski definition) is 4. The molecule has 1 aromatic carbocycles. The van der Waals surface area contributed by atoms with Gasteiger partial charge >= 0.3 is 5.82 Å². The normalized spacial score (nSPS) is 10.0. The summed E-state index contributed by atoms with van der Waals surface area (Å²) in [4.78, 5) is 10.7. The SMILES string of the molecule is O=c1oncc2ccc(cc2)o1. The molecule has 0 N–H and O–H groups in total. The molecule has 0 unspecified atom stereocenters. The first-order valence-corrected chi connectivity index (χ1v) is 3.37. The number of nitrogens with zero attached hydrogens (tertiary/aromatic N) is 1. The van der Waals surface area contributed by atoms with E-state index in [1.807, 2.05) is 0 Å². The van der Waals surface area contributed by atoms with Crippen LogP contribution < -0.4 is 5.82 Å². The van der Waals surface area contributed by atoms with Crippen molar-refractivity contribution in [1.29, 1.82) is 0 Å². The third-order valence-electron chi connectivity index (χ3n) is 1.41. The Morgan fingerprint density at radius 3 is 2.67 bits per heavy atom. The Kier molecular flexibility index (Phi) is 1.51. The van der Waals surface area contributed by atoms with E-state index in [2.05, 4.69) is 9.68 Å². The molecule has 0 radical (unpaired) electrons. The minimum absolute atomic E-state index is 0.453. The maximum absolute atomic E-state index is 10.7. The van der Waals surface area contributed by atoms with Crippen LogP contribution in [0.15, 0.2) is 44.2 Å². The third-order valence-corrected chi connectivity index (χ3v) is 1.41. The molecule has 0 saturated carbocycles. The average molecular weight is 163 g/mol. The van der Waals surface area contributed by atoms with Crippen LogP contribution in [0.2, 0.25) is 0 Å². The van der Waals surface area contributed by atoms with E-state index in [1.54, 1.807) is 24.3 Å². The first-order valence-electron chi connectivity index (χ1n) is 3.37. The van der Waals surface area contributed by atoms with Crippen LogP contribution in [-0.4, -0.2) is 5.16 Å². The van der Waals surface area contributed by atoms with Gasteiger partial charge in [0.05, 0.1) is 6.20 Å². The minimum atomic E-state index is -0.821. The van der Waals surface area contributed by atoms with Crippen molar-refractivity contribution < 1.29 is 8.94 Å². The van der Waals surface area contributed by atoms with Crippen LogP contribution in [0.25, 0.3) is 11.0 Å². The van der Waals surface area contributed by atoms with Gasteiger partial charge in [-0.1, -0.05) is 5.16 Å². The molecule has 3 rings (SSSR count). The summed E-state index contributed by atoms with van der Waals surface area (Å²) in [5.41, 5.74) is 0.453. The highest BCUT2D eigenvalue weighted by molar-refractivity contribution is 5.57. The topological polar surface area (TPSA) is 56.2 Å². The van der Waals surface area contributed by atoms with E-state index in [0.29, 0.717) is 5.58 Å². The smallest absolute Gasteiger partial charge is 0.393 e. The van der Waals surface area contributed by atoms with E-state index in [0.717, 1.165) is 5.39 Å². The zero-order valence-corrected chi connectivity index (χ0v) is 6.06. The van der Waals surface area contributed by atoms with Crippen LogP contribution in [0.1, 0.15) is 0 Å². The van der Waals surface area contributed by atoms with Gasteiger partial charge in [-0.25, -0.2) is 4.79 Å². The molecule has 0 saturated heterocycles. The first-order chi connectivity index (χ1) is 5.84. The minimum Gasteiger partial charge on any atom is -0.393 e. The third kappa shape index (κ3) is 1.27. The Balaban J connectivity index is 2.97. The fourth-order valence-electron chi connectivity index (χ4n) is 0.867. The Morgan fingerprint density at radius 1 is 1.17 bits per heavy atom. The van der Waals surface area contributed by atoms with E-state index >= 15 is 0 Å². The molecular formula is C8H5NO3. The van der Waals surface area contributed by atoms with Crippen molar-refractivity contribution in [2.24, 2.45) is 0 Å². The Morgan fingerprint density at radius 2 is 1.92 bits per heavy atom. The summed E-state index contributed by atoms with van der Waals surface area (Å²) in [6.45, 7) is 0. The summed E-state index contributed by atoms with van der Waals surface area (Å²) >= 11 is 0. The van der Waals surface area contributed by atoms with E-state index in [4.69, 9.17) is 4.42 Å². The fraction of sp³-hybridized carbons (Fsp3) is 0. The van der Waals surface area contributed by atoms with Gasteiger partial charge in [0.2, 0.25) is 0 Å². The first kappa shape index (κ1) is 6.84. The summed E-state index contributed by atoms with van der Waals surface area (Å²) in [6.07, 6.45) is 1.44. The van der Waals surface area contributed by atoms with Crippen LogP contribution in [0.4, 0.5) is 0 Å². The van der Waals surface area contributed by atoms with Crippen LogP contribution >= 0.6 is 0 Å². The summed E-state index contributed by atoms with van der Waals surface area (Å²) < 4.78 is 9.04. The number of rotatable bonds is 0. The second kappa shape index (κ2) is 2.65. The van der Waals surface area contributed by atoms with Crippen LogP contribution in [0.5, 0.6) is 0 Å². The van der Waals surface area contributed by atoms with Crippen LogP contribution in [0, 0.1) is 0 Å². The maximum atomic E-state index is 10.7. The zero-order valence-electron chi connectivity index (χ0n) is 6.06. The molecule has 60 valence electrons. The van der Waals surface area contributed by atoms with Crippen molar-refractivity contribution in [2.75, 3.05) is 0 Å². The van der Waals surface area contributed by atoms with Gasteiger partial charge in [0.15, 0.2) is 0 Å². The molecule has 4 nitrogen and oxygen atoms in total. The predicted octanol–water partition coefficient (Wildman–Crippen LogP) is 1.34. The fourth-order valence-corrected chi connectivity index (χ4v) is 0.867. The summed E-state index contributed by atoms with van der Waals surface area (Å²) in [5.74, 6) is -0.821. The maximum Gasteiger partial charge on any atom is 0.540 e. The van der Waals surface area contributed by atoms with E-state index < -0.39 is 5.82 Å². The van der Waals surface area contributed by atoms with Gasteiger partial charge in [-0.3, -0.25) is 4.52 Å². The molecule has 0 spiro atoms. The van der Waals surface area contributed by atoms with E-state index in [9.17, 15) is 4.79 Å². The van der Waals surface area contributed by atoms with E-state index in [-0.39, 0.29) is 0 Å². The number of benzene rings is 1. The second-order valence-electron chi connectivity index (χ2n) is 2.25. The molecule has 3 aromatic rings. The number of aromatic nitrogens is 1. The van der Waals surface area contributed by atoms with Crippen molar-refractivity contribution in [2.45, 2.75) is 0 Å². The van der Waals surface area contributed by atoms with Crippen molar-refractivity contribution >= 4 is 11.0 Å². The van der Waals surface area contributed by atoms with Crippen molar-refractivity contribution in [3.05, 3.63) is 41.1 Å². The molecule has 0 fully saturated rings. The molecule has 12 heavy (non-hydrogen) atoms. The quantitative estimate of drug-likeness (QED) is 0.588. The second-order valence-corrected chi connectivity index (χ2v) is 2.25. The van der Waals surface area contributed by atoms with Gasteiger partial charge < -0.3 is 4.42 Å². The van der Waals surface area contributed by atoms with Crippen molar-refractivity contribution in [3.8, 4) is 0 Å². The van der Waals surface area contributed by atoms with Gasteiger partial charge in [0.1, 0.15) is 5.58 Å². The number of fused-ring (bicyclic) bond motifs is 6. The molecule has 0 aliphatic heterocycles. The molecule has 0 aliphatic rings. The Hall–Kier alpha value is -1.84. The molecule has 0 amide bonds. The van der Waals surface area contributed by atoms with Crippen molar-refractivity contribution in [1.82, 2.24) is 5.16 Å². The molecule has 2 aromatic heterocycles. The van der Waals surface area contributed by atoms with Gasteiger partial charge in [-0.05, 0) is 29.7 Å². The lowest BCUT2D eigenvalue weighted by atomic mass is 10.3. The van der Waals surface area contributed by atoms with Crippen LogP contribution in [-0.2, 0) is 0 Å². The lowest BCUT2D eigenvalue weighted by molar-refractivity contribution is 0.275. The predicted molar refractivity (Wildman–Crippen MR) is 41.4 cm³/mol. The monoisotopic (exact) mass is 163 g/mol. The molecular weight excluding hydrogens is 158 g/mol. The van der Waals surface area contributed by atoms with Gasteiger partial charge in [-0.2, -0.15) is 0 Å². The molecule has 2 bridgehead atoms. The Bertz CT molecular complexity index is 449. The largest absolute Gasteiger partial charge is 0.540 e. The summed E-state index contributed by atoms with van der Waals surface area (Å²) in [6, 6.07) is 6.91. The standard InChI is InChI=1S/C8H5NO3/c10-8-11-7-3-1-6(2-4-7)5-9-12-8/h1-5H. The molecule has 0 aliphatic carbocycles. The molecule has 4 heteroatoms.